The molecule has 42 heavy (non-hydrogen) atoms. The second kappa shape index (κ2) is 12.1. The molecule has 9 heteroatoms. The van der Waals surface area contributed by atoms with Gasteiger partial charge in [-0.2, -0.15) is 5.10 Å². The van der Waals surface area contributed by atoms with Crippen molar-refractivity contribution in [2.45, 2.75) is 109 Å². The van der Waals surface area contributed by atoms with E-state index in [4.69, 9.17) is 9.84 Å². The van der Waals surface area contributed by atoms with Crippen molar-refractivity contribution in [1.82, 2.24) is 25.0 Å². The second-order valence-electron chi connectivity index (χ2n) is 14.3. The maximum Gasteiger partial charge on any atom is 0.235 e. The average molecular weight is 589 g/mol. The molecule has 1 atom stereocenters. The third-order valence-electron chi connectivity index (χ3n) is 9.59. The predicted molar refractivity (Wildman–Crippen MR) is 169 cm³/mol. The molecular formula is C33H48N6O2Si. The summed E-state index contributed by atoms with van der Waals surface area (Å²) in [4.78, 5) is 17.5. The van der Waals surface area contributed by atoms with Gasteiger partial charge in [0.15, 0.2) is 0 Å². The zero-order chi connectivity index (χ0) is 29.4. The molecular weight excluding hydrogens is 540 g/mol. The summed E-state index contributed by atoms with van der Waals surface area (Å²) in [7, 11) is -1.12. The molecule has 0 radical (unpaired) electrons. The van der Waals surface area contributed by atoms with Crippen molar-refractivity contribution in [1.29, 1.82) is 0 Å². The highest BCUT2D eigenvalue weighted by Crippen LogP contribution is 2.54. The molecule has 3 aromatic rings. The minimum atomic E-state index is -1.12. The molecule has 0 spiro atoms. The van der Waals surface area contributed by atoms with E-state index < -0.39 is 8.07 Å². The van der Waals surface area contributed by atoms with Crippen LogP contribution in [0, 0.1) is 31.6 Å². The maximum absolute atomic E-state index is 14.0. The van der Waals surface area contributed by atoms with E-state index in [2.05, 4.69) is 59.2 Å². The zero-order valence-corrected chi connectivity index (χ0v) is 27.1. The number of amides is 1. The van der Waals surface area contributed by atoms with E-state index in [1.165, 1.54) is 38.5 Å². The van der Waals surface area contributed by atoms with Gasteiger partial charge in [-0.1, -0.05) is 44.6 Å². The van der Waals surface area contributed by atoms with Crippen LogP contribution >= 0.6 is 0 Å². The van der Waals surface area contributed by atoms with Crippen LogP contribution in [0.3, 0.4) is 0 Å². The van der Waals surface area contributed by atoms with Crippen LogP contribution in [0.2, 0.25) is 25.7 Å². The normalized spacial score (nSPS) is 18.6. The van der Waals surface area contributed by atoms with Gasteiger partial charge in [0.1, 0.15) is 24.3 Å². The van der Waals surface area contributed by atoms with Crippen molar-refractivity contribution in [2.75, 3.05) is 11.9 Å². The molecule has 0 aliphatic heterocycles. The number of aromatic amines is 1. The second-order valence-corrected chi connectivity index (χ2v) is 19.9. The first-order valence-electron chi connectivity index (χ1n) is 16.1. The molecule has 1 aromatic carbocycles. The van der Waals surface area contributed by atoms with E-state index in [0.717, 1.165) is 65.3 Å². The quantitative estimate of drug-likeness (QED) is 0.160. The Morgan fingerprint density at radius 2 is 1.69 bits per heavy atom. The lowest BCUT2D eigenvalue weighted by Crippen LogP contribution is -2.31. The van der Waals surface area contributed by atoms with E-state index in [0.29, 0.717) is 30.4 Å². The van der Waals surface area contributed by atoms with Gasteiger partial charge in [0, 0.05) is 37.5 Å². The summed E-state index contributed by atoms with van der Waals surface area (Å²) in [5, 5.41) is 17.2. The van der Waals surface area contributed by atoms with Gasteiger partial charge in [-0.25, -0.2) is 4.68 Å². The summed E-state index contributed by atoms with van der Waals surface area (Å²) in [6, 6.07) is 9.35. The molecule has 1 amide bonds. The molecule has 3 fully saturated rings. The number of nitrogens with zero attached hydrogens (tertiary/aromatic N) is 4. The van der Waals surface area contributed by atoms with Crippen LogP contribution in [0.5, 0.6) is 0 Å². The summed E-state index contributed by atoms with van der Waals surface area (Å²) in [5.41, 5.74) is 5.11. The first-order valence-corrected chi connectivity index (χ1v) is 19.8. The van der Waals surface area contributed by atoms with E-state index in [1.807, 2.05) is 23.7 Å². The maximum atomic E-state index is 14.0. The standard InChI is InChI=1S/C33H48N6O2Si/c1-21-28(22(2)39(38-21)20-41-18-19-42(3,4)5)23-14-16-27(17-15-23)34-33(40)30(29(24-10-11-24)25-12-13-25)32-35-31(36-37-32)26-8-6-7-9-26/h14-17,24-26,29-30H,6-13,18-20H2,1-5H3,(H,34,40)(H,35,36,37). The fourth-order valence-electron chi connectivity index (χ4n) is 6.89. The van der Waals surface area contributed by atoms with Crippen molar-refractivity contribution in [3.63, 3.8) is 0 Å². The van der Waals surface area contributed by atoms with E-state index in [-0.39, 0.29) is 11.8 Å². The molecule has 1 unspecified atom stereocenters. The number of anilines is 1. The van der Waals surface area contributed by atoms with Crippen LogP contribution in [-0.4, -0.2) is 45.5 Å². The number of hydrogen-bond acceptors (Lipinski definition) is 5. The molecule has 226 valence electrons. The Morgan fingerprint density at radius 3 is 2.31 bits per heavy atom. The van der Waals surface area contributed by atoms with Gasteiger partial charge in [0.05, 0.1) is 5.69 Å². The molecule has 3 aliphatic carbocycles. The largest absolute Gasteiger partial charge is 0.360 e. The number of hydrogen-bond donors (Lipinski definition) is 2. The summed E-state index contributed by atoms with van der Waals surface area (Å²) < 4.78 is 7.93. The molecule has 0 bridgehead atoms. The average Bonchev–Trinajstić information content (AvgIpc) is 3.83. The molecule has 3 aliphatic rings. The van der Waals surface area contributed by atoms with Crippen molar-refractivity contribution in [3.8, 4) is 11.1 Å². The van der Waals surface area contributed by atoms with Gasteiger partial charge in [-0.05, 0) is 93.9 Å². The van der Waals surface area contributed by atoms with Gasteiger partial charge in [0.25, 0.3) is 0 Å². The van der Waals surface area contributed by atoms with Crippen LogP contribution in [0.4, 0.5) is 5.69 Å². The van der Waals surface area contributed by atoms with Gasteiger partial charge in [-0.3, -0.25) is 4.79 Å². The number of carbonyl (C=O) groups is 1. The van der Waals surface area contributed by atoms with Crippen LogP contribution in [0.15, 0.2) is 24.3 Å². The first kappa shape index (κ1) is 29.3. The van der Waals surface area contributed by atoms with E-state index >= 15 is 0 Å². The fraction of sp³-hybridized carbons (Fsp3) is 0.636. The Morgan fingerprint density at radius 1 is 1.02 bits per heavy atom. The number of aryl methyl sites for hydroxylation is 1. The van der Waals surface area contributed by atoms with Crippen LogP contribution in [0.25, 0.3) is 11.1 Å². The number of aromatic nitrogens is 5. The third kappa shape index (κ3) is 6.72. The number of carbonyl (C=O) groups excluding carboxylic acids is 1. The Bertz CT molecular complexity index is 1360. The topological polar surface area (TPSA) is 97.7 Å². The smallest absolute Gasteiger partial charge is 0.235 e. The summed E-state index contributed by atoms with van der Waals surface area (Å²) in [5.74, 6) is 3.54. The van der Waals surface area contributed by atoms with E-state index in [9.17, 15) is 4.79 Å². The summed E-state index contributed by atoms with van der Waals surface area (Å²) in [6.45, 7) is 12.5. The van der Waals surface area contributed by atoms with Crippen LogP contribution < -0.4 is 5.32 Å². The highest BCUT2D eigenvalue weighted by molar-refractivity contribution is 6.76. The molecule has 2 N–H and O–H groups in total. The number of nitrogens with one attached hydrogen (secondary N) is 2. The lowest BCUT2D eigenvalue weighted by molar-refractivity contribution is -0.119. The first-order chi connectivity index (χ1) is 20.2. The van der Waals surface area contributed by atoms with Crippen molar-refractivity contribution in [2.24, 2.45) is 17.8 Å². The van der Waals surface area contributed by atoms with Crippen molar-refractivity contribution in [3.05, 3.63) is 47.3 Å². The highest BCUT2D eigenvalue weighted by Gasteiger charge is 2.49. The van der Waals surface area contributed by atoms with Crippen molar-refractivity contribution < 1.29 is 9.53 Å². The van der Waals surface area contributed by atoms with Gasteiger partial charge in [-0.15, -0.1) is 10.2 Å². The molecule has 8 nitrogen and oxygen atoms in total. The van der Waals surface area contributed by atoms with Gasteiger partial charge in [0.2, 0.25) is 5.91 Å². The third-order valence-corrected chi connectivity index (χ3v) is 11.3. The monoisotopic (exact) mass is 588 g/mol. The van der Waals surface area contributed by atoms with Gasteiger partial charge >= 0.3 is 0 Å². The van der Waals surface area contributed by atoms with Gasteiger partial charge < -0.3 is 15.0 Å². The van der Waals surface area contributed by atoms with E-state index in [1.54, 1.807) is 0 Å². The molecule has 3 saturated carbocycles. The zero-order valence-electron chi connectivity index (χ0n) is 26.1. The van der Waals surface area contributed by atoms with Crippen molar-refractivity contribution >= 4 is 19.7 Å². The Balaban J connectivity index is 1.16. The van der Waals surface area contributed by atoms with Crippen LogP contribution in [0.1, 0.15) is 86.2 Å². The minimum absolute atomic E-state index is 0.0383. The number of rotatable bonds is 13. The fourth-order valence-corrected chi connectivity index (χ4v) is 7.65. The predicted octanol–water partition coefficient (Wildman–Crippen LogP) is 7.41. The molecule has 2 heterocycles. The Labute approximate surface area is 251 Å². The molecule has 0 saturated heterocycles. The lowest BCUT2D eigenvalue weighted by atomic mass is 9.82. The summed E-state index contributed by atoms with van der Waals surface area (Å²) in [6.07, 6.45) is 9.71. The Kier molecular flexibility index (Phi) is 8.42. The van der Waals surface area contributed by atoms with Crippen LogP contribution in [-0.2, 0) is 16.3 Å². The number of ether oxygens (including phenoxy) is 1. The number of H-pyrrole nitrogens is 1. The minimum Gasteiger partial charge on any atom is -0.360 e. The Hall–Kier alpha value is -2.78. The number of benzene rings is 1. The highest BCUT2D eigenvalue weighted by atomic mass is 28.3. The lowest BCUT2D eigenvalue weighted by Gasteiger charge is -2.25. The molecule has 6 rings (SSSR count). The SMILES string of the molecule is Cc1nn(COCC[Si](C)(C)C)c(C)c1-c1ccc(NC(=O)C(c2nnc(C3CCCC3)[nH]2)C(C2CC2)C2CC2)cc1. The summed E-state index contributed by atoms with van der Waals surface area (Å²) >= 11 is 0. The molecule has 2 aromatic heterocycles.